The molecule has 0 heterocycles. The number of unbranched alkanes of at least 4 members (excludes halogenated alkanes) is 3. The molecule has 3 rings (SSSR count). The number of aliphatic hydroxyl groups is 1. The van der Waals surface area contributed by atoms with Gasteiger partial charge in [0.25, 0.3) is 10.9 Å². The Kier molecular flexibility index (Phi) is 4.73. The van der Waals surface area contributed by atoms with Crippen molar-refractivity contribution in [2.75, 3.05) is 11.9 Å². The summed E-state index contributed by atoms with van der Waals surface area (Å²) in [7, 11) is 0. The van der Waals surface area contributed by atoms with E-state index >= 15 is 0 Å². The highest BCUT2D eigenvalue weighted by molar-refractivity contribution is 5.63. The molecule has 0 unspecified atom stereocenters. The monoisotopic (exact) mass is 349 g/mol. The largest absolute Gasteiger partial charge is 0.487 e. The smallest absolute Gasteiger partial charge is 0.272 e. The lowest BCUT2D eigenvalue weighted by Gasteiger charge is -2.37. The average molecular weight is 349 g/mol. The van der Waals surface area contributed by atoms with Crippen molar-refractivity contribution in [3.8, 4) is 5.75 Å². The normalized spacial score (nSPS) is 33.1. The van der Waals surface area contributed by atoms with Crippen molar-refractivity contribution >= 4 is 5.69 Å². The topological polar surface area (TPSA) is 75.6 Å². The van der Waals surface area contributed by atoms with E-state index in [-0.39, 0.29) is 34.2 Å². The van der Waals surface area contributed by atoms with Gasteiger partial charge in [-0.25, -0.2) is 0 Å². The van der Waals surface area contributed by atoms with Crippen molar-refractivity contribution < 1.29 is 9.84 Å². The van der Waals surface area contributed by atoms with Gasteiger partial charge in [-0.15, -0.1) is 0 Å². The van der Waals surface area contributed by atoms with E-state index < -0.39 is 17.0 Å². The first-order chi connectivity index (χ1) is 11.8. The molecule has 2 aliphatic carbocycles. The van der Waals surface area contributed by atoms with Gasteiger partial charge in [0.15, 0.2) is 5.75 Å². The van der Waals surface area contributed by atoms with E-state index in [0.29, 0.717) is 6.61 Å². The third-order valence-electron chi connectivity index (χ3n) is 7.22. The first-order valence-corrected chi connectivity index (χ1v) is 9.66. The van der Waals surface area contributed by atoms with Crippen LogP contribution in [-0.2, 0) is 0 Å². The number of hydrogen-bond donors (Lipinski definition) is 2. The van der Waals surface area contributed by atoms with Gasteiger partial charge in [0.05, 0.1) is 18.8 Å². The third kappa shape index (κ3) is 2.62. The zero-order valence-electron chi connectivity index (χ0n) is 15.9. The second kappa shape index (κ2) is 6.42. The molecular formula is C20H31NO4. The minimum Gasteiger partial charge on any atom is -0.487 e. The highest BCUT2D eigenvalue weighted by atomic mass is 16.5. The van der Waals surface area contributed by atoms with Gasteiger partial charge in [0, 0.05) is 5.41 Å². The van der Waals surface area contributed by atoms with Crippen LogP contribution >= 0.6 is 0 Å². The molecule has 5 nitrogen and oxygen atoms in total. The highest BCUT2D eigenvalue weighted by Crippen LogP contribution is 2.65. The van der Waals surface area contributed by atoms with E-state index in [0.717, 1.165) is 38.5 Å². The van der Waals surface area contributed by atoms with Crippen LogP contribution in [0.2, 0.25) is 0 Å². The van der Waals surface area contributed by atoms with Crippen molar-refractivity contribution in [3.05, 3.63) is 20.4 Å². The zero-order chi connectivity index (χ0) is 18.4. The molecule has 5 heteroatoms. The molecule has 25 heavy (non-hydrogen) atoms. The van der Waals surface area contributed by atoms with Crippen molar-refractivity contribution in [2.24, 2.45) is 16.7 Å². The molecule has 2 aliphatic rings. The number of aliphatic hydroxyl groups excluding tert-OH is 1. The molecule has 0 saturated heterocycles. The Morgan fingerprint density at radius 3 is 2.48 bits per heavy atom. The molecule has 140 valence electrons. The van der Waals surface area contributed by atoms with Gasteiger partial charge in [-0.05, 0) is 30.6 Å². The Bertz CT molecular complexity index is 703. The molecule has 0 aliphatic heterocycles. The van der Waals surface area contributed by atoms with Crippen molar-refractivity contribution in [3.63, 3.8) is 0 Å². The van der Waals surface area contributed by atoms with E-state index in [1.54, 1.807) is 0 Å². The van der Waals surface area contributed by atoms with Gasteiger partial charge in [-0.2, -0.15) is 0 Å². The van der Waals surface area contributed by atoms with Crippen LogP contribution in [0.15, 0.2) is 9.59 Å². The fraction of sp³-hybridized carbons (Fsp3) is 0.800. The SMILES string of the molecule is CCCCCCOc1c(N[C@H]2[C@H]3CC[C@@](C)([C@H]2O)C3(C)C)c(=O)c1=O. The Morgan fingerprint density at radius 2 is 1.88 bits per heavy atom. The molecule has 2 saturated carbocycles. The number of hydrogen-bond acceptors (Lipinski definition) is 5. The van der Waals surface area contributed by atoms with Crippen LogP contribution < -0.4 is 20.9 Å². The molecule has 1 aromatic rings. The summed E-state index contributed by atoms with van der Waals surface area (Å²) in [5.74, 6) is 0.453. The number of anilines is 1. The molecule has 2 N–H and O–H groups in total. The van der Waals surface area contributed by atoms with Crippen LogP contribution in [-0.4, -0.2) is 23.9 Å². The lowest BCUT2D eigenvalue weighted by atomic mass is 9.70. The predicted octanol–water partition coefficient (Wildman–Crippen LogP) is 2.84. The number of ether oxygens (including phenoxy) is 1. The van der Waals surface area contributed by atoms with Crippen LogP contribution in [0.3, 0.4) is 0 Å². The molecule has 2 fully saturated rings. The number of fused-ring (bicyclic) bond motifs is 2. The summed E-state index contributed by atoms with van der Waals surface area (Å²) in [6.07, 6.45) is 5.73. The average Bonchev–Trinajstić information content (AvgIpc) is 2.89. The van der Waals surface area contributed by atoms with Gasteiger partial charge in [0.1, 0.15) is 5.69 Å². The van der Waals surface area contributed by atoms with Gasteiger partial charge in [-0.3, -0.25) is 9.59 Å². The maximum absolute atomic E-state index is 12.0. The molecule has 4 atom stereocenters. The number of rotatable bonds is 8. The van der Waals surface area contributed by atoms with Gasteiger partial charge in [-0.1, -0.05) is 47.0 Å². The van der Waals surface area contributed by atoms with Crippen LogP contribution in [0.1, 0.15) is 66.2 Å². The van der Waals surface area contributed by atoms with Gasteiger partial charge in [0.2, 0.25) is 0 Å². The Balaban J connectivity index is 1.69. The molecule has 2 bridgehead atoms. The zero-order valence-corrected chi connectivity index (χ0v) is 15.9. The first kappa shape index (κ1) is 18.4. The fourth-order valence-corrected chi connectivity index (χ4v) is 5.02. The molecule has 0 amide bonds. The van der Waals surface area contributed by atoms with E-state index in [2.05, 4.69) is 33.0 Å². The summed E-state index contributed by atoms with van der Waals surface area (Å²) in [6, 6.07) is -0.195. The van der Waals surface area contributed by atoms with Crippen molar-refractivity contribution in [2.45, 2.75) is 78.4 Å². The summed E-state index contributed by atoms with van der Waals surface area (Å²) in [5, 5.41) is 14.0. The standard InChI is InChI=1S/C20H31NO4/c1-5-6-7-8-11-25-17-14(15(22)16(17)23)21-13-12-9-10-20(4,18(13)24)19(12,2)3/h12-13,18,21,24H,5-11H2,1-4H3/t12-,13+,18+,20+/m1/s1. The predicted molar refractivity (Wildman–Crippen MR) is 99.0 cm³/mol. The lowest BCUT2D eigenvalue weighted by molar-refractivity contribution is 0.00842. The van der Waals surface area contributed by atoms with Gasteiger partial charge >= 0.3 is 0 Å². The maximum Gasteiger partial charge on any atom is 0.272 e. The Hall–Kier alpha value is -1.36. The first-order valence-electron chi connectivity index (χ1n) is 9.66. The van der Waals surface area contributed by atoms with Crippen LogP contribution in [0, 0.1) is 16.7 Å². The fourth-order valence-electron chi connectivity index (χ4n) is 5.02. The minimum absolute atomic E-state index is 0.00260. The second-order valence-electron chi connectivity index (χ2n) is 8.67. The lowest BCUT2D eigenvalue weighted by Crippen LogP contribution is -2.46. The highest BCUT2D eigenvalue weighted by Gasteiger charge is 2.66. The molecule has 0 aromatic heterocycles. The minimum atomic E-state index is -0.541. The number of nitrogens with one attached hydrogen (secondary N) is 1. The van der Waals surface area contributed by atoms with E-state index in [1.807, 2.05) is 0 Å². The summed E-state index contributed by atoms with van der Waals surface area (Å²) < 4.78 is 5.59. The summed E-state index contributed by atoms with van der Waals surface area (Å²) in [5.41, 5.74) is -0.935. The Morgan fingerprint density at radius 1 is 1.16 bits per heavy atom. The molecule has 0 spiro atoms. The van der Waals surface area contributed by atoms with Crippen LogP contribution in [0.5, 0.6) is 5.75 Å². The summed E-state index contributed by atoms with van der Waals surface area (Å²) >= 11 is 0. The Labute approximate surface area is 149 Å². The third-order valence-corrected chi connectivity index (χ3v) is 7.22. The second-order valence-corrected chi connectivity index (χ2v) is 8.67. The van der Waals surface area contributed by atoms with Gasteiger partial charge < -0.3 is 15.2 Å². The molecule has 1 aromatic carbocycles. The molecule has 0 radical (unpaired) electrons. The van der Waals surface area contributed by atoms with E-state index in [1.165, 1.54) is 0 Å². The quantitative estimate of drug-likeness (QED) is 0.557. The molecular weight excluding hydrogens is 318 g/mol. The van der Waals surface area contributed by atoms with Crippen LogP contribution in [0.4, 0.5) is 5.69 Å². The summed E-state index contributed by atoms with van der Waals surface area (Å²) in [4.78, 5) is 23.9. The van der Waals surface area contributed by atoms with Crippen LogP contribution in [0.25, 0.3) is 0 Å². The van der Waals surface area contributed by atoms with Crippen molar-refractivity contribution in [1.82, 2.24) is 0 Å². The summed E-state index contributed by atoms with van der Waals surface area (Å²) in [6.45, 7) is 9.12. The maximum atomic E-state index is 12.0. The van der Waals surface area contributed by atoms with Crippen molar-refractivity contribution in [1.29, 1.82) is 0 Å². The van der Waals surface area contributed by atoms with E-state index in [4.69, 9.17) is 4.74 Å². The van der Waals surface area contributed by atoms with E-state index in [9.17, 15) is 14.7 Å².